The van der Waals surface area contributed by atoms with E-state index in [1.54, 1.807) is 48.5 Å². The number of azo groups is 2. The lowest BCUT2D eigenvalue weighted by Crippen LogP contribution is -2.14. The number of hydrogen-bond donors (Lipinski definition) is 7. The summed E-state index contributed by atoms with van der Waals surface area (Å²) in [4.78, 5) is 13.4. The molecule has 7 N–H and O–H groups in total. The van der Waals surface area contributed by atoms with Gasteiger partial charge in [-0.15, -0.1) is 4.33 Å². The van der Waals surface area contributed by atoms with Crippen LogP contribution in [0.25, 0.3) is 0 Å². The van der Waals surface area contributed by atoms with Gasteiger partial charge in [0.1, 0.15) is 11.5 Å². The van der Waals surface area contributed by atoms with E-state index < -0.39 is 41.9 Å². The molecule has 330 valence electrons. The maximum atomic E-state index is 11.5. The Morgan fingerprint density at radius 3 is 1.76 bits per heavy atom. The summed E-state index contributed by atoms with van der Waals surface area (Å²) in [6, 6.07) is 21.1. The minimum absolute atomic E-state index is 0.00840. The summed E-state index contributed by atoms with van der Waals surface area (Å²) in [5, 5.41) is 37.6. The van der Waals surface area contributed by atoms with E-state index in [4.69, 9.17) is 19.3 Å². The quantitative estimate of drug-likeness (QED) is 0.00848. The first-order valence-corrected chi connectivity index (χ1v) is 22.9. The van der Waals surface area contributed by atoms with Gasteiger partial charge in [0.2, 0.25) is 17.8 Å². The molecule has 0 saturated heterocycles. The monoisotopic (exact) mass is 936 g/mol. The zero-order valence-electron chi connectivity index (χ0n) is 32.0. The van der Waals surface area contributed by atoms with Crippen molar-refractivity contribution in [2.75, 3.05) is 47.7 Å². The van der Waals surface area contributed by atoms with Crippen LogP contribution in [0.2, 0.25) is 0 Å². The molecule has 0 aliphatic rings. The fourth-order valence-electron chi connectivity index (χ4n) is 4.92. The van der Waals surface area contributed by atoms with Gasteiger partial charge in [-0.05, 0) is 73.5 Å². The lowest BCUT2D eigenvalue weighted by Gasteiger charge is -2.15. The highest BCUT2D eigenvalue weighted by molar-refractivity contribution is 7.94. The van der Waals surface area contributed by atoms with Gasteiger partial charge in [-0.1, -0.05) is 17.2 Å². The molecule has 5 rings (SSSR count). The first kappa shape index (κ1) is 47.1. The summed E-state index contributed by atoms with van der Waals surface area (Å²) in [6.45, 7) is -0.136. The van der Waals surface area contributed by atoms with Gasteiger partial charge in [0.05, 0.1) is 76.3 Å². The number of nitrogens with zero attached hydrogens (tertiary/aromatic N) is 7. The molecule has 0 unspecified atom stereocenters. The Hall–Kier alpha value is -5.95. The molecule has 1 aromatic heterocycles. The third-order valence-electron chi connectivity index (χ3n) is 7.60. The molecule has 0 saturated carbocycles. The fraction of sp³-hybridized carbons (Fsp3) is 0.206. The number of nitrogens with one attached hydrogen (secondary N) is 3. The molecule has 0 bridgehead atoms. The smallest absolute Gasteiger partial charge is 0.294 e. The van der Waals surface area contributed by atoms with Gasteiger partial charge in [-0.25, -0.2) is 5.26 Å². The van der Waals surface area contributed by atoms with Crippen LogP contribution >= 0.6 is 12.0 Å². The largest absolute Gasteiger partial charge is 0.494 e. The summed E-state index contributed by atoms with van der Waals surface area (Å²) < 4.78 is 112. The van der Waals surface area contributed by atoms with Crippen LogP contribution in [0.1, 0.15) is 12.8 Å². The van der Waals surface area contributed by atoms with Crippen LogP contribution in [0.15, 0.2) is 115 Å². The van der Waals surface area contributed by atoms with Gasteiger partial charge in [0.25, 0.3) is 30.4 Å². The van der Waals surface area contributed by atoms with Gasteiger partial charge in [-0.3, -0.25) is 13.7 Å². The number of benzene rings is 4. The van der Waals surface area contributed by atoms with Gasteiger partial charge < -0.3 is 25.4 Å². The standard InChI is InChI=1S/C34H36N10O14S4/c1-55-30-20-24(43-42-23-7-3-9-27(19-23)62(52,53)54)10-12-28(30)36-33-38-32(35-14-4-16-60(46,47)48)39-34(40-33)37-29-13-11-25(21-31(29)56-15-5-17-61(49,50)51)44-41-22-6-2-8-26(18-22)59-58-57-45/h2-3,6-13,18-21,45H,4-5,14-17H2,1H3,(H,46,47,48)(H,49,50,51)(H,52,53,54)(H3,35,36,37,38,39,40). The normalized spacial score (nSPS) is 12.1. The number of aromatic nitrogens is 3. The zero-order valence-corrected chi connectivity index (χ0v) is 35.2. The van der Waals surface area contributed by atoms with E-state index in [0.29, 0.717) is 27.6 Å². The number of rotatable bonds is 23. The Bertz CT molecular complexity index is 2750. The molecule has 0 fully saturated rings. The lowest BCUT2D eigenvalue weighted by molar-refractivity contribution is -0.432. The molecule has 5 aromatic rings. The van der Waals surface area contributed by atoms with Crippen LogP contribution < -0.4 is 25.4 Å². The predicted molar refractivity (Wildman–Crippen MR) is 224 cm³/mol. The van der Waals surface area contributed by atoms with Crippen molar-refractivity contribution >= 4 is 94.4 Å². The summed E-state index contributed by atoms with van der Waals surface area (Å²) in [5.74, 6) is -0.870. The second-order valence-electron chi connectivity index (χ2n) is 12.3. The van der Waals surface area contributed by atoms with Crippen LogP contribution in [0.4, 0.5) is 52.0 Å². The zero-order chi connectivity index (χ0) is 44.8. The minimum atomic E-state index is -4.46. The first-order valence-electron chi connectivity index (χ1n) is 17.5. The van der Waals surface area contributed by atoms with Crippen molar-refractivity contribution in [3.05, 3.63) is 84.9 Å². The molecule has 0 atom stereocenters. The molecule has 28 heteroatoms. The van der Waals surface area contributed by atoms with Crippen molar-refractivity contribution in [3.63, 3.8) is 0 Å². The maximum Gasteiger partial charge on any atom is 0.294 e. The van der Waals surface area contributed by atoms with E-state index in [9.17, 15) is 34.4 Å². The van der Waals surface area contributed by atoms with Crippen LogP contribution in [-0.2, 0) is 39.7 Å². The van der Waals surface area contributed by atoms with E-state index in [1.807, 2.05) is 0 Å². The average Bonchev–Trinajstić information content (AvgIpc) is 3.22. The predicted octanol–water partition coefficient (Wildman–Crippen LogP) is 7.22. The van der Waals surface area contributed by atoms with Crippen molar-refractivity contribution in [1.82, 2.24) is 15.0 Å². The van der Waals surface area contributed by atoms with Gasteiger partial charge in [0.15, 0.2) is 0 Å². The number of anilines is 5. The third-order valence-corrected chi connectivity index (χ3v) is 10.6. The Morgan fingerprint density at radius 2 is 1.18 bits per heavy atom. The van der Waals surface area contributed by atoms with Crippen molar-refractivity contribution in [3.8, 4) is 11.5 Å². The SMILES string of the molecule is COc1cc(N=Nc2cccc(S(=O)(=O)O)c2)ccc1Nc1nc(NCCCS(=O)(=O)O)nc(Nc2ccc(N=Nc3cccc(SOOO)c3)cc2OCCCS(=O)(=O)O)n1. The number of methoxy groups -OCH3 is 1. The van der Waals surface area contributed by atoms with Crippen LogP contribution in [0, 0.1) is 0 Å². The van der Waals surface area contributed by atoms with Crippen LogP contribution in [0.3, 0.4) is 0 Å². The Balaban J connectivity index is 1.43. The van der Waals surface area contributed by atoms with E-state index in [1.165, 1.54) is 37.4 Å². The summed E-state index contributed by atoms with van der Waals surface area (Å²) in [5.41, 5.74) is 1.76. The third kappa shape index (κ3) is 15.8. The molecule has 1 heterocycles. The highest BCUT2D eigenvalue weighted by Gasteiger charge is 2.15. The van der Waals surface area contributed by atoms with E-state index >= 15 is 0 Å². The highest BCUT2D eigenvalue weighted by Crippen LogP contribution is 2.35. The molecule has 62 heavy (non-hydrogen) atoms. The van der Waals surface area contributed by atoms with Crippen molar-refractivity contribution in [2.45, 2.75) is 22.6 Å². The van der Waals surface area contributed by atoms with Crippen molar-refractivity contribution in [2.24, 2.45) is 20.5 Å². The molecular formula is C34H36N10O14S4. The van der Waals surface area contributed by atoms with Gasteiger partial charge in [-0.2, -0.15) is 60.7 Å². The summed E-state index contributed by atoms with van der Waals surface area (Å²) in [7, 11) is -11.6. The van der Waals surface area contributed by atoms with Crippen molar-refractivity contribution < 1.29 is 63.0 Å². The molecule has 0 aliphatic carbocycles. The van der Waals surface area contributed by atoms with E-state index in [0.717, 1.165) is 18.1 Å². The second kappa shape index (κ2) is 21.7. The molecule has 0 radical (unpaired) electrons. The molecular weight excluding hydrogens is 901 g/mol. The van der Waals surface area contributed by atoms with Crippen molar-refractivity contribution in [1.29, 1.82) is 0 Å². The molecule has 0 aliphatic heterocycles. The second-order valence-corrected chi connectivity index (χ2v) is 17.6. The first-order chi connectivity index (χ1) is 29.5. The lowest BCUT2D eigenvalue weighted by atomic mass is 10.2. The van der Waals surface area contributed by atoms with Crippen LogP contribution in [-0.4, -0.2) is 90.9 Å². The molecule has 0 amide bonds. The molecule has 24 nitrogen and oxygen atoms in total. The number of hydrogen-bond acceptors (Lipinski definition) is 22. The average molecular weight is 937 g/mol. The van der Waals surface area contributed by atoms with Crippen LogP contribution in [0.5, 0.6) is 11.5 Å². The highest BCUT2D eigenvalue weighted by atomic mass is 32.2. The summed E-state index contributed by atoms with van der Waals surface area (Å²) >= 11 is 0.731. The topological polar surface area (TPSA) is 344 Å². The van der Waals surface area contributed by atoms with Gasteiger partial charge in [0, 0.05) is 23.6 Å². The Labute approximate surface area is 358 Å². The van der Waals surface area contributed by atoms with Gasteiger partial charge >= 0.3 is 0 Å². The Kier molecular flexibility index (Phi) is 16.5. The molecule has 4 aromatic carbocycles. The number of ether oxygens (including phenoxy) is 2. The van der Waals surface area contributed by atoms with E-state index in [-0.39, 0.29) is 71.6 Å². The summed E-state index contributed by atoms with van der Waals surface area (Å²) in [6.07, 6.45) is -0.0830. The maximum absolute atomic E-state index is 11.5. The fourth-order valence-corrected chi connectivity index (χ4v) is 6.84. The van der Waals surface area contributed by atoms with E-state index in [2.05, 4.69) is 60.7 Å². The molecule has 0 spiro atoms. The Morgan fingerprint density at radius 1 is 0.645 bits per heavy atom. The minimum Gasteiger partial charge on any atom is -0.494 e.